The van der Waals surface area contributed by atoms with Gasteiger partial charge in [-0.2, -0.15) is 0 Å². The van der Waals surface area contributed by atoms with Crippen molar-refractivity contribution in [3.8, 4) is 0 Å². The molecule has 13 heavy (non-hydrogen) atoms. The van der Waals surface area contributed by atoms with E-state index in [1.165, 1.54) is 18.5 Å². The van der Waals surface area contributed by atoms with Crippen LogP contribution in [0.3, 0.4) is 0 Å². The second-order valence-electron chi connectivity index (χ2n) is 2.38. The molecule has 1 aromatic rings. The standard InChI is InChI=1S/C7H7N2O3S/c1-13(11,12)9-7(10)6-3-2-4-8-5-6/h3-5H,1H3,(H,9,10). The average molecular weight is 199 g/mol. The van der Waals surface area contributed by atoms with E-state index < -0.39 is 15.9 Å². The summed E-state index contributed by atoms with van der Waals surface area (Å²) in [4.78, 5) is 14.7. The third-order valence-electron chi connectivity index (χ3n) is 1.14. The molecular formula is C7H7N2O3S. The lowest BCUT2D eigenvalue weighted by Crippen LogP contribution is -2.29. The molecule has 0 aliphatic rings. The van der Waals surface area contributed by atoms with Gasteiger partial charge in [-0.05, 0) is 6.07 Å². The highest BCUT2D eigenvalue weighted by Gasteiger charge is 2.09. The minimum Gasteiger partial charge on any atom is -0.268 e. The van der Waals surface area contributed by atoms with Gasteiger partial charge in [-0.25, -0.2) is 13.1 Å². The van der Waals surface area contributed by atoms with E-state index in [1.807, 2.05) is 4.72 Å². The molecule has 0 aliphatic heterocycles. The minimum absolute atomic E-state index is 0.160. The van der Waals surface area contributed by atoms with Crippen LogP contribution in [0.2, 0.25) is 0 Å². The van der Waals surface area contributed by atoms with Crippen molar-refractivity contribution in [1.29, 1.82) is 0 Å². The molecule has 1 N–H and O–H groups in total. The molecule has 0 aliphatic carbocycles. The zero-order valence-electron chi connectivity index (χ0n) is 6.81. The van der Waals surface area contributed by atoms with E-state index in [-0.39, 0.29) is 5.56 Å². The summed E-state index contributed by atoms with van der Waals surface area (Å²) in [6.45, 7) is 0. The fourth-order valence-electron chi connectivity index (χ4n) is 0.676. The predicted octanol–water partition coefficient (Wildman–Crippen LogP) is -0.429. The SMILES string of the molecule is CS(=O)(=O)NC(=O)c1c[c]cnc1. The van der Waals surface area contributed by atoms with Gasteiger partial charge in [0.1, 0.15) is 0 Å². The first-order valence-electron chi connectivity index (χ1n) is 3.32. The first kappa shape index (κ1) is 9.66. The average Bonchev–Trinajstić information content (AvgIpc) is 2.03. The number of amides is 1. The number of aromatic nitrogens is 1. The zero-order valence-corrected chi connectivity index (χ0v) is 7.63. The first-order chi connectivity index (χ1) is 5.99. The van der Waals surface area contributed by atoms with E-state index >= 15 is 0 Å². The van der Waals surface area contributed by atoms with Gasteiger partial charge >= 0.3 is 0 Å². The first-order valence-corrected chi connectivity index (χ1v) is 5.21. The van der Waals surface area contributed by atoms with Crippen LogP contribution in [0.4, 0.5) is 0 Å². The van der Waals surface area contributed by atoms with Crippen LogP contribution in [0.15, 0.2) is 18.5 Å². The molecule has 0 unspecified atom stereocenters. The van der Waals surface area contributed by atoms with Crippen molar-refractivity contribution in [3.05, 3.63) is 30.1 Å². The van der Waals surface area contributed by atoms with Gasteiger partial charge in [-0.15, -0.1) is 0 Å². The molecule has 1 aromatic heterocycles. The van der Waals surface area contributed by atoms with Gasteiger partial charge < -0.3 is 0 Å². The van der Waals surface area contributed by atoms with E-state index in [4.69, 9.17) is 0 Å². The fraction of sp³-hybridized carbons (Fsp3) is 0.143. The van der Waals surface area contributed by atoms with Crippen LogP contribution >= 0.6 is 0 Å². The molecule has 0 atom stereocenters. The number of rotatable bonds is 2. The van der Waals surface area contributed by atoms with E-state index in [0.717, 1.165) is 6.26 Å². The van der Waals surface area contributed by atoms with Crippen molar-refractivity contribution in [2.24, 2.45) is 0 Å². The number of nitrogens with zero attached hydrogens (tertiary/aromatic N) is 1. The molecule has 1 amide bonds. The topological polar surface area (TPSA) is 76.1 Å². The lowest BCUT2D eigenvalue weighted by molar-refractivity contribution is 0.0981. The van der Waals surface area contributed by atoms with E-state index in [9.17, 15) is 13.2 Å². The van der Waals surface area contributed by atoms with Gasteiger partial charge in [0.05, 0.1) is 11.8 Å². The number of carbonyl (C=O) groups excluding carboxylic acids is 1. The minimum atomic E-state index is -3.51. The number of carbonyl (C=O) groups is 1. The fourth-order valence-corrected chi connectivity index (χ4v) is 1.13. The summed E-state index contributed by atoms with van der Waals surface area (Å²) in [7, 11) is -3.51. The van der Waals surface area contributed by atoms with E-state index in [1.54, 1.807) is 0 Å². The van der Waals surface area contributed by atoms with Crippen molar-refractivity contribution in [2.75, 3.05) is 6.26 Å². The molecule has 0 aromatic carbocycles. The lowest BCUT2D eigenvalue weighted by Gasteiger charge is -2.00. The largest absolute Gasteiger partial charge is 0.268 e. The molecule has 69 valence electrons. The van der Waals surface area contributed by atoms with Crippen molar-refractivity contribution in [1.82, 2.24) is 9.71 Å². The quantitative estimate of drug-likeness (QED) is 0.701. The third kappa shape index (κ3) is 3.20. The smallest absolute Gasteiger partial charge is 0.266 e. The molecule has 1 radical (unpaired) electrons. The lowest BCUT2D eigenvalue weighted by atomic mass is 10.3. The maximum Gasteiger partial charge on any atom is 0.266 e. The van der Waals surface area contributed by atoms with Crippen molar-refractivity contribution < 1.29 is 13.2 Å². The molecule has 5 nitrogen and oxygen atoms in total. The number of pyridine rings is 1. The third-order valence-corrected chi connectivity index (χ3v) is 1.70. The van der Waals surface area contributed by atoms with Crippen molar-refractivity contribution in [2.45, 2.75) is 0 Å². The summed E-state index contributed by atoms with van der Waals surface area (Å²) in [5, 5.41) is 0. The molecule has 0 fully saturated rings. The van der Waals surface area contributed by atoms with Gasteiger partial charge in [-0.3, -0.25) is 9.78 Å². The van der Waals surface area contributed by atoms with Gasteiger partial charge in [0, 0.05) is 18.5 Å². The Hall–Kier alpha value is -1.43. The number of sulfonamides is 1. The Balaban J connectivity index is 2.82. The molecule has 0 spiro atoms. The van der Waals surface area contributed by atoms with Gasteiger partial charge in [-0.1, -0.05) is 0 Å². The normalized spacial score (nSPS) is 10.8. The Morgan fingerprint density at radius 2 is 2.31 bits per heavy atom. The second kappa shape index (κ2) is 3.53. The summed E-state index contributed by atoms with van der Waals surface area (Å²) < 4.78 is 23.1. The molecule has 0 bridgehead atoms. The molecule has 6 heteroatoms. The summed E-state index contributed by atoms with van der Waals surface area (Å²) >= 11 is 0. The molecule has 1 heterocycles. The van der Waals surface area contributed by atoms with Crippen LogP contribution in [0.5, 0.6) is 0 Å². The highest BCUT2D eigenvalue weighted by Crippen LogP contribution is 1.94. The Morgan fingerprint density at radius 1 is 1.62 bits per heavy atom. The summed E-state index contributed by atoms with van der Waals surface area (Å²) in [6, 6.07) is 3.92. The van der Waals surface area contributed by atoms with Crippen LogP contribution in [0.1, 0.15) is 10.4 Å². The molecule has 1 rings (SSSR count). The van der Waals surface area contributed by atoms with Crippen molar-refractivity contribution in [3.63, 3.8) is 0 Å². The maximum atomic E-state index is 11.1. The summed E-state index contributed by atoms with van der Waals surface area (Å²) in [5.41, 5.74) is 0.160. The Morgan fingerprint density at radius 3 is 2.77 bits per heavy atom. The van der Waals surface area contributed by atoms with Crippen LogP contribution < -0.4 is 4.72 Å². The Bertz CT molecular complexity index is 399. The Kier molecular flexibility index (Phi) is 2.62. The maximum absolute atomic E-state index is 11.1. The highest BCUT2D eigenvalue weighted by molar-refractivity contribution is 7.89. The van der Waals surface area contributed by atoms with Crippen LogP contribution in [-0.2, 0) is 10.0 Å². The van der Waals surface area contributed by atoms with Gasteiger partial charge in [0.15, 0.2) is 0 Å². The molecule has 0 saturated heterocycles. The highest BCUT2D eigenvalue weighted by atomic mass is 32.2. The number of hydrogen-bond acceptors (Lipinski definition) is 4. The zero-order chi connectivity index (χ0) is 9.90. The van der Waals surface area contributed by atoms with Crippen LogP contribution in [-0.4, -0.2) is 25.6 Å². The summed E-state index contributed by atoms with van der Waals surface area (Å²) in [5.74, 6) is -0.702. The molecular weight excluding hydrogens is 192 g/mol. The van der Waals surface area contributed by atoms with Gasteiger partial charge in [0.25, 0.3) is 5.91 Å². The van der Waals surface area contributed by atoms with E-state index in [0.29, 0.717) is 0 Å². The number of hydrogen-bond donors (Lipinski definition) is 1. The predicted molar refractivity (Wildman–Crippen MR) is 45.4 cm³/mol. The van der Waals surface area contributed by atoms with Crippen LogP contribution in [0.25, 0.3) is 0 Å². The summed E-state index contributed by atoms with van der Waals surface area (Å²) in [6.07, 6.45) is 3.54. The van der Waals surface area contributed by atoms with Gasteiger partial charge in [0.2, 0.25) is 10.0 Å². The Labute approximate surface area is 75.9 Å². The second-order valence-corrected chi connectivity index (χ2v) is 4.13. The van der Waals surface area contributed by atoms with Crippen molar-refractivity contribution >= 4 is 15.9 Å². The molecule has 0 saturated carbocycles. The number of nitrogens with one attached hydrogen (secondary N) is 1. The van der Waals surface area contributed by atoms with Crippen LogP contribution in [0, 0.1) is 6.07 Å². The van der Waals surface area contributed by atoms with E-state index in [2.05, 4.69) is 11.1 Å². The monoisotopic (exact) mass is 199 g/mol.